The smallest absolute Gasteiger partial charge is 0.330 e. The number of aromatic nitrogens is 2. The summed E-state index contributed by atoms with van der Waals surface area (Å²) in [6, 6.07) is 15.4. The van der Waals surface area contributed by atoms with Crippen molar-refractivity contribution in [3.8, 4) is 5.75 Å². The number of H-pyrrole nitrogens is 1. The van der Waals surface area contributed by atoms with E-state index >= 15 is 0 Å². The minimum Gasteiger partial charge on any atom is -0.496 e. The number of ether oxygens (including phenoxy) is 1. The molecule has 186 valence electrons. The molecule has 0 atom stereocenters. The molecule has 1 aromatic heterocycles. The number of hydrogen-bond acceptors (Lipinski definition) is 6. The first-order valence-electron chi connectivity index (χ1n) is 11.5. The quantitative estimate of drug-likeness (QED) is 0.419. The number of nitrogens with one attached hydrogen (secondary N) is 1. The summed E-state index contributed by atoms with van der Waals surface area (Å²) in [5, 5.41) is 0. The number of carbonyl (C=O) groups excluding carboxylic acids is 1. The van der Waals surface area contributed by atoms with Crippen LogP contribution in [-0.2, 0) is 23.6 Å². The van der Waals surface area contributed by atoms with E-state index in [0.717, 1.165) is 17.5 Å². The Morgan fingerprint density at radius 1 is 1.14 bits per heavy atom. The number of aromatic amines is 1. The van der Waals surface area contributed by atoms with Crippen LogP contribution in [0.5, 0.6) is 5.75 Å². The van der Waals surface area contributed by atoms with Crippen molar-refractivity contribution in [3.05, 3.63) is 86.1 Å². The van der Waals surface area contributed by atoms with Crippen LogP contribution >= 0.6 is 11.8 Å². The van der Waals surface area contributed by atoms with Crippen molar-refractivity contribution in [2.75, 3.05) is 23.5 Å². The Morgan fingerprint density at radius 2 is 1.86 bits per heavy atom. The number of methoxy groups -OCH3 is 1. The number of rotatable bonds is 11. The van der Waals surface area contributed by atoms with E-state index in [9.17, 15) is 14.4 Å². The van der Waals surface area contributed by atoms with Crippen molar-refractivity contribution in [1.29, 1.82) is 0 Å². The summed E-state index contributed by atoms with van der Waals surface area (Å²) in [5.74, 6) is 1.07. The number of nitrogens with zero attached hydrogens (tertiary/aromatic N) is 2. The number of anilines is 2. The van der Waals surface area contributed by atoms with Crippen LogP contribution in [0.1, 0.15) is 36.5 Å². The zero-order valence-corrected chi connectivity index (χ0v) is 21.2. The Hall–Kier alpha value is -3.46. The Bertz CT molecular complexity index is 1270. The molecule has 0 radical (unpaired) electrons. The topological polar surface area (TPSA) is 110 Å². The predicted octanol–water partition coefficient (Wildman–Crippen LogP) is 3.70. The van der Waals surface area contributed by atoms with E-state index in [4.69, 9.17) is 10.5 Å². The lowest BCUT2D eigenvalue weighted by atomic mass is 10.1. The fraction of sp³-hybridized carbons (Fsp3) is 0.346. The first-order valence-corrected chi connectivity index (χ1v) is 12.7. The van der Waals surface area contributed by atoms with Crippen molar-refractivity contribution >= 4 is 29.2 Å². The third-order valence-corrected chi connectivity index (χ3v) is 6.64. The van der Waals surface area contributed by atoms with Gasteiger partial charge in [-0.05, 0) is 25.0 Å². The maximum Gasteiger partial charge on any atom is 0.330 e. The highest BCUT2D eigenvalue weighted by Crippen LogP contribution is 2.26. The van der Waals surface area contributed by atoms with Gasteiger partial charge in [-0.25, -0.2) is 4.79 Å². The van der Waals surface area contributed by atoms with E-state index in [2.05, 4.69) is 4.98 Å². The standard InChI is InChI=1S/C26H32N4O4S/c1-4-5-14-29-24(27)23(25(32)28-26(29)33)30(15-20-8-6-7-9-21(20)34-3)22(31)17-35-16-19-12-10-18(2)11-13-19/h6-13H,4-5,14-17,27H2,1-3H3,(H,28,32,33). The summed E-state index contributed by atoms with van der Waals surface area (Å²) in [7, 11) is 1.55. The zero-order valence-electron chi connectivity index (χ0n) is 20.4. The first-order chi connectivity index (χ1) is 16.8. The molecule has 0 aliphatic rings. The molecule has 0 saturated heterocycles. The van der Waals surface area contributed by atoms with Crippen LogP contribution in [0.15, 0.2) is 58.1 Å². The molecule has 0 saturated carbocycles. The number of amides is 1. The lowest BCUT2D eigenvalue weighted by Crippen LogP contribution is -2.41. The van der Waals surface area contributed by atoms with Gasteiger partial charge in [-0.15, -0.1) is 11.8 Å². The van der Waals surface area contributed by atoms with Crippen molar-refractivity contribution < 1.29 is 9.53 Å². The molecule has 1 amide bonds. The summed E-state index contributed by atoms with van der Waals surface area (Å²) < 4.78 is 6.77. The van der Waals surface area contributed by atoms with Gasteiger partial charge in [0.1, 0.15) is 11.6 Å². The molecule has 3 rings (SSSR count). The van der Waals surface area contributed by atoms with Crippen LogP contribution in [0.2, 0.25) is 0 Å². The van der Waals surface area contributed by atoms with Gasteiger partial charge < -0.3 is 10.5 Å². The molecule has 0 aliphatic carbocycles. The summed E-state index contributed by atoms with van der Waals surface area (Å²) >= 11 is 1.45. The van der Waals surface area contributed by atoms with Gasteiger partial charge in [0.25, 0.3) is 5.56 Å². The number of nitrogen functional groups attached to an aromatic ring is 1. The molecule has 0 bridgehead atoms. The van der Waals surface area contributed by atoms with Crippen LogP contribution in [0, 0.1) is 6.92 Å². The second-order valence-electron chi connectivity index (χ2n) is 8.27. The molecule has 9 heteroatoms. The average Bonchev–Trinajstić information content (AvgIpc) is 2.84. The summed E-state index contributed by atoms with van der Waals surface area (Å²) in [4.78, 5) is 42.5. The molecule has 1 heterocycles. The van der Waals surface area contributed by atoms with E-state index in [0.29, 0.717) is 24.5 Å². The first kappa shape index (κ1) is 26.2. The lowest BCUT2D eigenvalue weighted by molar-refractivity contribution is -0.116. The molecule has 8 nitrogen and oxygen atoms in total. The van der Waals surface area contributed by atoms with Gasteiger partial charge >= 0.3 is 5.69 Å². The van der Waals surface area contributed by atoms with Crippen LogP contribution < -0.4 is 26.6 Å². The fourth-order valence-corrected chi connectivity index (χ4v) is 4.55. The Labute approximate surface area is 209 Å². The number of nitrogens with two attached hydrogens (primary N) is 1. The molecule has 3 aromatic rings. The molecule has 2 aromatic carbocycles. The number of hydrogen-bond donors (Lipinski definition) is 2. The maximum atomic E-state index is 13.5. The molecule has 0 unspecified atom stereocenters. The van der Waals surface area contributed by atoms with Gasteiger partial charge in [-0.3, -0.25) is 24.0 Å². The van der Waals surface area contributed by atoms with Gasteiger partial charge in [0.2, 0.25) is 5.91 Å². The summed E-state index contributed by atoms with van der Waals surface area (Å²) in [6.45, 7) is 4.45. The van der Waals surface area contributed by atoms with E-state index in [1.807, 2.05) is 56.3 Å². The predicted molar refractivity (Wildman–Crippen MR) is 142 cm³/mol. The van der Waals surface area contributed by atoms with Gasteiger partial charge in [0.05, 0.1) is 19.4 Å². The molecular weight excluding hydrogens is 464 g/mol. The number of aryl methyl sites for hydroxylation is 1. The van der Waals surface area contributed by atoms with Gasteiger partial charge in [-0.2, -0.15) is 0 Å². The fourth-order valence-electron chi connectivity index (χ4n) is 3.69. The Balaban J connectivity index is 1.95. The highest BCUT2D eigenvalue weighted by Gasteiger charge is 2.25. The number of thioether (sulfide) groups is 1. The molecule has 3 N–H and O–H groups in total. The van der Waals surface area contributed by atoms with Crippen molar-refractivity contribution in [2.24, 2.45) is 0 Å². The normalized spacial score (nSPS) is 10.8. The van der Waals surface area contributed by atoms with Crippen molar-refractivity contribution in [3.63, 3.8) is 0 Å². The maximum absolute atomic E-state index is 13.5. The minimum absolute atomic E-state index is 0.0148. The number of unbranched alkanes of at least 4 members (excludes halogenated alkanes) is 1. The average molecular weight is 497 g/mol. The largest absolute Gasteiger partial charge is 0.496 e. The van der Waals surface area contributed by atoms with Crippen LogP contribution in [0.4, 0.5) is 11.5 Å². The van der Waals surface area contributed by atoms with Gasteiger partial charge in [0.15, 0.2) is 5.69 Å². The van der Waals surface area contributed by atoms with E-state index in [-0.39, 0.29) is 29.7 Å². The van der Waals surface area contributed by atoms with Crippen LogP contribution in [-0.4, -0.2) is 28.3 Å². The second kappa shape index (κ2) is 12.3. The Kier molecular flexibility index (Phi) is 9.19. The molecular formula is C26H32N4O4S. The highest BCUT2D eigenvalue weighted by molar-refractivity contribution is 7.99. The summed E-state index contributed by atoms with van der Waals surface area (Å²) in [5.41, 5.74) is 8.04. The highest BCUT2D eigenvalue weighted by atomic mass is 32.2. The molecule has 35 heavy (non-hydrogen) atoms. The van der Waals surface area contributed by atoms with Crippen LogP contribution in [0.25, 0.3) is 0 Å². The monoisotopic (exact) mass is 496 g/mol. The second-order valence-corrected chi connectivity index (χ2v) is 9.25. The van der Waals surface area contributed by atoms with Crippen LogP contribution in [0.3, 0.4) is 0 Å². The van der Waals surface area contributed by atoms with Crippen molar-refractivity contribution in [2.45, 2.75) is 45.5 Å². The van der Waals surface area contributed by atoms with Gasteiger partial charge in [-0.1, -0.05) is 61.4 Å². The molecule has 0 aliphatic heterocycles. The minimum atomic E-state index is -0.688. The van der Waals surface area contributed by atoms with Crippen molar-refractivity contribution in [1.82, 2.24) is 9.55 Å². The molecule has 0 spiro atoms. The third kappa shape index (κ3) is 6.57. The van der Waals surface area contributed by atoms with E-state index in [1.165, 1.54) is 26.8 Å². The lowest BCUT2D eigenvalue weighted by Gasteiger charge is -2.25. The SMILES string of the molecule is CCCCn1c(N)c(N(Cc2ccccc2OC)C(=O)CSCc2ccc(C)cc2)c(=O)[nH]c1=O. The van der Waals surface area contributed by atoms with Gasteiger partial charge in [0, 0.05) is 17.9 Å². The number of para-hydroxylation sites is 1. The summed E-state index contributed by atoms with van der Waals surface area (Å²) in [6.07, 6.45) is 1.56. The number of carbonyl (C=O) groups is 1. The Morgan fingerprint density at radius 3 is 2.54 bits per heavy atom. The number of benzene rings is 2. The van der Waals surface area contributed by atoms with E-state index < -0.39 is 11.2 Å². The zero-order chi connectivity index (χ0) is 25.4. The molecule has 0 fully saturated rings. The third-order valence-electron chi connectivity index (χ3n) is 5.66. The van der Waals surface area contributed by atoms with E-state index in [1.54, 1.807) is 13.2 Å².